The van der Waals surface area contributed by atoms with Crippen LogP contribution in [0.25, 0.3) is 0 Å². The zero-order valence-electron chi connectivity index (χ0n) is 15.7. The zero-order valence-corrected chi connectivity index (χ0v) is 16.5. The minimum Gasteiger partial charge on any atom is -0.479 e. The number of carboxylic acids is 1. The summed E-state index contributed by atoms with van der Waals surface area (Å²) >= 11 is 5.80. The topological polar surface area (TPSA) is 81.1 Å². The number of hydrogen-bond acceptors (Lipinski definition) is 4. The van der Waals surface area contributed by atoms with Gasteiger partial charge < -0.3 is 20.0 Å². The number of carboxylic acid groups (broad SMARTS) is 1. The maximum atomic E-state index is 14.2. The van der Waals surface area contributed by atoms with Crippen LogP contribution in [0.1, 0.15) is 27.2 Å². The molecule has 150 valence electrons. The minimum atomic E-state index is -1.74. The summed E-state index contributed by atoms with van der Waals surface area (Å²) in [6.45, 7) is 6.72. The van der Waals surface area contributed by atoms with Gasteiger partial charge in [-0.3, -0.25) is 4.79 Å². The summed E-state index contributed by atoms with van der Waals surface area (Å²) in [6, 6.07) is 4.22. The normalized spacial score (nSPS) is 19.9. The number of aliphatic carboxylic acids is 1. The second kappa shape index (κ2) is 8.89. The molecule has 6 nitrogen and oxygen atoms in total. The van der Waals surface area contributed by atoms with Crippen LogP contribution in [0.2, 0.25) is 5.02 Å². The van der Waals surface area contributed by atoms with Crippen LogP contribution < -0.4 is 4.90 Å². The first kappa shape index (κ1) is 21.4. The molecular formula is C19H26ClFN2O4. The molecule has 1 aliphatic rings. The number of amides is 1. The standard InChI is InChI=1S/C19H26ClFN2O4/c1-11(2)8-14(17(24)19(26)27)18(25)23-7-6-22(10-12(23)3)16-5-4-13(20)9-15(16)21/h4-5,9,11-12,14,17,24H,6-8,10H2,1-3H3,(H,26,27)/t12-,14+,17+/m1/s1. The molecule has 1 aromatic carbocycles. The molecule has 3 atom stereocenters. The van der Waals surface area contributed by atoms with Crippen LogP contribution in [-0.4, -0.2) is 58.8 Å². The van der Waals surface area contributed by atoms with Gasteiger partial charge >= 0.3 is 5.97 Å². The number of carbonyl (C=O) groups is 2. The first-order chi connectivity index (χ1) is 12.6. The van der Waals surface area contributed by atoms with Crippen molar-refractivity contribution in [3.63, 3.8) is 0 Å². The Morgan fingerprint density at radius 3 is 2.52 bits per heavy atom. The fraction of sp³-hybridized carbons (Fsp3) is 0.579. The number of aliphatic hydroxyl groups is 1. The van der Waals surface area contributed by atoms with Crippen molar-refractivity contribution in [2.24, 2.45) is 11.8 Å². The molecule has 0 unspecified atom stereocenters. The second-order valence-corrected chi connectivity index (χ2v) is 7.88. The Hall–Kier alpha value is -1.86. The maximum Gasteiger partial charge on any atom is 0.333 e. The molecule has 1 aliphatic heterocycles. The Balaban J connectivity index is 2.13. The van der Waals surface area contributed by atoms with Gasteiger partial charge in [0.2, 0.25) is 5.91 Å². The van der Waals surface area contributed by atoms with Crippen molar-refractivity contribution in [2.75, 3.05) is 24.5 Å². The molecule has 1 fully saturated rings. The predicted octanol–water partition coefficient (Wildman–Crippen LogP) is 2.62. The highest BCUT2D eigenvalue weighted by Crippen LogP contribution is 2.27. The molecule has 0 aliphatic carbocycles. The Kier molecular flexibility index (Phi) is 7.06. The monoisotopic (exact) mass is 400 g/mol. The van der Waals surface area contributed by atoms with E-state index in [9.17, 15) is 19.1 Å². The van der Waals surface area contributed by atoms with Crippen molar-refractivity contribution >= 4 is 29.2 Å². The molecule has 0 spiro atoms. The highest BCUT2D eigenvalue weighted by Gasteiger charge is 2.38. The quantitative estimate of drug-likeness (QED) is 0.767. The van der Waals surface area contributed by atoms with Crippen molar-refractivity contribution in [1.82, 2.24) is 4.90 Å². The van der Waals surface area contributed by atoms with E-state index >= 15 is 0 Å². The number of benzene rings is 1. The minimum absolute atomic E-state index is 0.0627. The Morgan fingerprint density at radius 2 is 2.00 bits per heavy atom. The van der Waals surface area contributed by atoms with Crippen LogP contribution in [0.4, 0.5) is 10.1 Å². The summed E-state index contributed by atoms with van der Waals surface area (Å²) in [5.74, 6) is -3.13. The number of hydrogen-bond donors (Lipinski definition) is 2. The largest absolute Gasteiger partial charge is 0.479 e. The molecule has 2 rings (SSSR count). The molecule has 1 aromatic rings. The van der Waals surface area contributed by atoms with Crippen molar-refractivity contribution in [3.8, 4) is 0 Å². The number of anilines is 1. The fourth-order valence-electron chi connectivity index (χ4n) is 3.50. The summed E-state index contributed by atoms with van der Waals surface area (Å²) in [5, 5.41) is 19.5. The van der Waals surface area contributed by atoms with Crippen LogP contribution in [0.5, 0.6) is 0 Å². The van der Waals surface area contributed by atoms with Crippen molar-refractivity contribution in [3.05, 3.63) is 29.0 Å². The van der Waals surface area contributed by atoms with E-state index in [1.54, 1.807) is 17.0 Å². The lowest BCUT2D eigenvalue weighted by Crippen LogP contribution is -2.57. The number of piperazine rings is 1. The second-order valence-electron chi connectivity index (χ2n) is 7.44. The summed E-state index contributed by atoms with van der Waals surface area (Å²) in [6.07, 6.45) is -1.45. The summed E-state index contributed by atoms with van der Waals surface area (Å²) < 4.78 is 14.2. The Morgan fingerprint density at radius 1 is 1.33 bits per heavy atom. The molecule has 0 radical (unpaired) electrons. The van der Waals surface area contributed by atoms with Gasteiger partial charge in [0.1, 0.15) is 5.82 Å². The van der Waals surface area contributed by atoms with Crippen LogP contribution in [0.3, 0.4) is 0 Å². The third-order valence-electron chi connectivity index (χ3n) is 4.84. The number of aliphatic hydroxyl groups excluding tert-OH is 1. The molecule has 27 heavy (non-hydrogen) atoms. The summed E-state index contributed by atoms with van der Waals surface area (Å²) in [5.41, 5.74) is 0.419. The van der Waals surface area contributed by atoms with Gasteiger partial charge in [0.15, 0.2) is 6.10 Å². The third kappa shape index (κ3) is 5.11. The maximum absolute atomic E-state index is 14.2. The van der Waals surface area contributed by atoms with Gasteiger partial charge in [0.25, 0.3) is 0 Å². The van der Waals surface area contributed by atoms with E-state index in [1.807, 2.05) is 25.7 Å². The van der Waals surface area contributed by atoms with Gasteiger partial charge in [-0.1, -0.05) is 25.4 Å². The molecule has 0 bridgehead atoms. The van der Waals surface area contributed by atoms with Crippen molar-refractivity contribution in [1.29, 1.82) is 0 Å². The van der Waals surface area contributed by atoms with Gasteiger partial charge in [-0.2, -0.15) is 0 Å². The number of carbonyl (C=O) groups excluding carboxylic acids is 1. The molecular weight excluding hydrogens is 375 g/mol. The van der Waals surface area contributed by atoms with E-state index < -0.39 is 23.8 Å². The first-order valence-corrected chi connectivity index (χ1v) is 9.41. The zero-order chi connectivity index (χ0) is 20.3. The molecule has 2 N–H and O–H groups in total. The summed E-state index contributed by atoms with van der Waals surface area (Å²) in [7, 11) is 0. The lowest BCUT2D eigenvalue weighted by molar-refractivity contribution is -0.158. The van der Waals surface area contributed by atoms with Crippen LogP contribution in [-0.2, 0) is 9.59 Å². The summed E-state index contributed by atoms with van der Waals surface area (Å²) in [4.78, 5) is 27.6. The Bertz CT molecular complexity index is 700. The average molecular weight is 401 g/mol. The lowest BCUT2D eigenvalue weighted by Gasteiger charge is -2.42. The van der Waals surface area contributed by atoms with E-state index in [0.29, 0.717) is 30.3 Å². The van der Waals surface area contributed by atoms with Gasteiger partial charge in [-0.05, 0) is 37.5 Å². The fourth-order valence-corrected chi connectivity index (χ4v) is 3.66. The van der Waals surface area contributed by atoms with Crippen LogP contribution >= 0.6 is 11.6 Å². The smallest absolute Gasteiger partial charge is 0.333 e. The SMILES string of the molecule is CC(C)C[C@H](C(=O)N1CCN(c2ccc(Cl)cc2F)C[C@H]1C)[C@H](O)C(=O)O. The molecule has 0 saturated carbocycles. The van der Waals surface area contributed by atoms with Gasteiger partial charge in [-0.25, -0.2) is 9.18 Å². The molecule has 0 aromatic heterocycles. The highest BCUT2D eigenvalue weighted by molar-refractivity contribution is 6.30. The van der Waals surface area contributed by atoms with E-state index in [-0.39, 0.29) is 24.3 Å². The van der Waals surface area contributed by atoms with E-state index in [1.165, 1.54) is 6.07 Å². The van der Waals surface area contributed by atoms with Gasteiger partial charge in [-0.15, -0.1) is 0 Å². The van der Waals surface area contributed by atoms with Crippen LogP contribution in [0, 0.1) is 17.7 Å². The number of nitrogens with zero attached hydrogens (tertiary/aromatic N) is 2. The number of rotatable bonds is 6. The average Bonchev–Trinajstić information content (AvgIpc) is 2.58. The van der Waals surface area contributed by atoms with Crippen molar-refractivity contribution in [2.45, 2.75) is 39.3 Å². The van der Waals surface area contributed by atoms with Crippen molar-refractivity contribution < 1.29 is 24.2 Å². The lowest BCUT2D eigenvalue weighted by atomic mass is 9.90. The van der Waals surface area contributed by atoms with E-state index in [4.69, 9.17) is 16.7 Å². The Labute approximate surface area is 163 Å². The first-order valence-electron chi connectivity index (χ1n) is 9.03. The number of halogens is 2. The van der Waals surface area contributed by atoms with Gasteiger partial charge in [0, 0.05) is 30.7 Å². The van der Waals surface area contributed by atoms with E-state index in [0.717, 1.165) is 0 Å². The molecule has 8 heteroatoms. The third-order valence-corrected chi connectivity index (χ3v) is 5.07. The highest BCUT2D eigenvalue weighted by atomic mass is 35.5. The molecule has 1 heterocycles. The van der Waals surface area contributed by atoms with Gasteiger partial charge in [0.05, 0.1) is 11.6 Å². The molecule has 1 amide bonds. The van der Waals surface area contributed by atoms with Crippen LogP contribution in [0.15, 0.2) is 18.2 Å². The molecule has 1 saturated heterocycles. The predicted molar refractivity (Wildman–Crippen MR) is 101 cm³/mol. The van der Waals surface area contributed by atoms with E-state index in [2.05, 4.69) is 0 Å².